The molecule has 1 amide bonds. The third-order valence-corrected chi connectivity index (χ3v) is 8.61. The van der Waals surface area contributed by atoms with Crippen molar-refractivity contribution in [2.45, 2.75) is 24.7 Å². The minimum Gasteiger partial charge on any atom is -0.377 e. The zero-order chi connectivity index (χ0) is 24.3. The van der Waals surface area contributed by atoms with Crippen LogP contribution in [-0.4, -0.2) is 20.0 Å². The molecule has 174 valence electrons. The fraction of sp³-hybridized carbons (Fsp3) is 0.194. The number of anilines is 2. The van der Waals surface area contributed by atoms with Crippen LogP contribution in [0, 0.1) is 6.92 Å². The van der Waals surface area contributed by atoms with Gasteiger partial charge in [0, 0.05) is 40.7 Å². The molecule has 1 N–H and O–H groups in total. The second-order valence-electron chi connectivity index (χ2n) is 9.88. The number of benzene rings is 4. The van der Waals surface area contributed by atoms with Gasteiger partial charge in [-0.2, -0.15) is 0 Å². The van der Waals surface area contributed by atoms with Gasteiger partial charge in [0.2, 0.25) is 5.91 Å². The number of amides is 1. The molecule has 2 unspecified atom stereocenters. The van der Waals surface area contributed by atoms with E-state index in [2.05, 4.69) is 120 Å². The van der Waals surface area contributed by atoms with Crippen LogP contribution >= 0.6 is 15.9 Å². The molecule has 0 fully saturated rings. The summed E-state index contributed by atoms with van der Waals surface area (Å²) in [5, 5.41) is 5.66. The Morgan fingerprint density at radius 2 is 1.69 bits per heavy atom. The minimum atomic E-state index is -0.486. The second-order valence-corrected chi connectivity index (χ2v) is 10.7. The summed E-state index contributed by atoms with van der Waals surface area (Å²) in [6.07, 6.45) is 5.22. The summed E-state index contributed by atoms with van der Waals surface area (Å²) in [6.45, 7) is 2.11. The van der Waals surface area contributed by atoms with Crippen LogP contribution in [0.15, 0.2) is 83.3 Å². The van der Waals surface area contributed by atoms with E-state index < -0.39 is 5.41 Å². The number of hydrogen-bond acceptors (Lipinski definition) is 2. The van der Waals surface area contributed by atoms with Crippen LogP contribution in [0.1, 0.15) is 33.7 Å². The minimum absolute atomic E-state index is 0.0665. The molecule has 2 atom stereocenters. The highest BCUT2D eigenvalue weighted by molar-refractivity contribution is 9.10. The van der Waals surface area contributed by atoms with Gasteiger partial charge in [0.05, 0.1) is 5.92 Å². The quantitative estimate of drug-likeness (QED) is 0.306. The van der Waals surface area contributed by atoms with Crippen molar-refractivity contribution in [3.05, 3.63) is 111 Å². The molecule has 1 aliphatic carbocycles. The van der Waals surface area contributed by atoms with Gasteiger partial charge < -0.3 is 10.2 Å². The van der Waals surface area contributed by atoms with E-state index in [4.69, 9.17) is 0 Å². The summed E-state index contributed by atoms with van der Waals surface area (Å²) >= 11 is 3.71. The molecule has 0 bridgehead atoms. The topological polar surface area (TPSA) is 32.3 Å². The lowest BCUT2D eigenvalue weighted by Gasteiger charge is -2.36. The van der Waals surface area contributed by atoms with E-state index in [1.165, 1.54) is 33.2 Å². The monoisotopic (exact) mass is 522 g/mol. The largest absolute Gasteiger partial charge is 0.377 e. The summed E-state index contributed by atoms with van der Waals surface area (Å²) in [5.74, 6) is -0.251. The molecule has 1 heterocycles. The Balaban J connectivity index is 1.60. The van der Waals surface area contributed by atoms with Gasteiger partial charge in [0.25, 0.3) is 0 Å². The zero-order valence-corrected chi connectivity index (χ0v) is 21.7. The lowest BCUT2D eigenvalue weighted by molar-refractivity contribution is -0.118. The fourth-order valence-electron chi connectivity index (χ4n) is 6.12. The van der Waals surface area contributed by atoms with Crippen molar-refractivity contribution in [1.29, 1.82) is 0 Å². The normalized spacial score (nSPS) is 20.1. The van der Waals surface area contributed by atoms with Gasteiger partial charge >= 0.3 is 0 Å². The first-order valence-corrected chi connectivity index (χ1v) is 12.8. The molecule has 35 heavy (non-hydrogen) atoms. The van der Waals surface area contributed by atoms with Crippen molar-refractivity contribution in [2.75, 3.05) is 24.3 Å². The van der Waals surface area contributed by atoms with Crippen molar-refractivity contribution in [1.82, 2.24) is 0 Å². The average molecular weight is 523 g/mol. The molecule has 4 heteroatoms. The molecule has 1 aliphatic heterocycles. The van der Waals surface area contributed by atoms with Gasteiger partial charge in [-0.15, -0.1) is 0 Å². The lowest BCUT2D eigenvalue weighted by atomic mass is 9.65. The van der Waals surface area contributed by atoms with Gasteiger partial charge in [0.15, 0.2) is 0 Å². The first kappa shape index (κ1) is 22.1. The number of nitrogens with zero attached hydrogens (tertiary/aromatic N) is 1. The van der Waals surface area contributed by atoms with Gasteiger partial charge in [-0.3, -0.25) is 4.79 Å². The predicted molar refractivity (Wildman–Crippen MR) is 149 cm³/mol. The summed E-state index contributed by atoms with van der Waals surface area (Å²) < 4.78 is 1.03. The maximum atomic E-state index is 13.7. The first-order chi connectivity index (χ1) is 16.9. The Morgan fingerprint density at radius 3 is 2.49 bits per heavy atom. The maximum absolute atomic E-state index is 13.7. The molecule has 2 aliphatic rings. The average Bonchev–Trinajstić information content (AvgIpc) is 3.40. The highest BCUT2D eigenvalue weighted by atomic mass is 79.9. The molecule has 6 rings (SSSR count). The van der Waals surface area contributed by atoms with Gasteiger partial charge in [-0.05, 0) is 64.7 Å². The highest BCUT2D eigenvalue weighted by Gasteiger charge is 2.50. The molecule has 4 aromatic rings. The van der Waals surface area contributed by atoms with Crippen molar-refractivity contribution in [2.24, 2.45) is 0 Å². The van der Waals surface area contributed by atoms with E-state index in [9.17, 15) is 4.79 Å². The number of carbonyl (C=O) groups is 1. The summed E-state index contributed by atoms with van der Waals surface area (Å²) in [6, 6.07) is 25.6. The van der Waals surface area contributed by atoms with Crippen LogP contribution in [0.5, 0.6) is 0 Å². The van der Waals surface area contributed by atoms with Gasteiger partial charge in [-0.25, -0.2) is 0 Å². The van der Waals surface area contributed by atoms with Gasteiger partial charge in [-0.1, -0.05) is 82.7 Å². The summed E-state index contributed by atoms with van der Waals surface area (Å²) in [5.41, 5.74) is 7.51. The van der Waals surface area contributed by atoms with Crippen molar-refractivity contribution in [3.8, 4) is 0 Å². The second kappa shape index (κ2) is 8.10. The van der Waals surface area contributed by atoms with E-state index in [1.807, 2.05) is 12.1 Å². The third-order valence-electron chi connectivity index (χ3n) is 7.75. The van der Waals surface area contributed by atoms with Crippen LogP contribution in [0.2, 0.25) is 0 Å². The van der Waals surface area contributed by atoms with E-state index in [1.54, 1.807) is 0 Å². The number of nitrogens with one attached hydrogen (secondary N) is 1. The number of rotatable bonds is 4. The van der Waals surface area contributed by atoms with Crippen LogP contribution in [-0.2, 0) is 16.6 Å². The third kappa shape index (κ3) is 3.27. The van der Waals surface area contributed by atoms with Crippen LogP contribution in [0.4, 0.5) is 11.4 Å². The molecule has 4 aromatic carbocycles. The SMILES string of the molecule is Cc1c(Br)ccc2c1C(C1(Cc3ccc(N(C)C)c4ccccc34)C=Cc3ccccc31)C(=O)N2. The Morgan fingerprint density at radius 1 is 0.943 bits per heavy atom. The van der Waals surface area contributed by atoms with E-state index >= 15 is 0 Å². The van der Waals surface area contributed by atoms with E-state index in [-0.39, 0.29) is 11.8 Å². The number of hydrogen-bond donors (Lipinski definition) is 1. The smallest absolute Gasteiger partial charge is 0.233 e. The molecule has 0 radical (unpaired) electrons. The number of halogens is 1. The van der Waals surface area contributed by atoms with Crippen molar-refractivity contribution < 1.29 is 4.79 Å². The maximum Gasteiger partial charge on any atom is 0.233 e. The van der Waals surface area contributed by atoms with Crippen molar-refractivity contribution in [3.63, 3.8) is 0 Å². The summed E-state index contributed by atoms with van der Waals surface area (Å²) in [7, 11) is 4.17. The highest BCUT2D eigenvalue weighted by Crippen LogP contribution is 2.54. The number of fused-ring (bicyclic) bond motifs is 3. The Kier molecular flexibility index (Phi) is 5.12. The van der Waals surface area contributed by atoms with E-state index in [0.717, 1.165) is 27.7 Å². The standard InChI is InChI=1S/C31H27BrN2O/c1-19-25(32)13-14-26-28(19)29(30(35)33-26)31(17-16-20-8-4-7-11-24(20)31)18-21-12-15-27(34(2)3)23-10-6-5-9-22(21)23/h4-17,29H,18H2,1-3H3,(H,33,35). The van der Waals surface area contributed by atoms with Crippen molar-refractivity contribution >= 4 is 50.1 Å². The molecule has 0 spiro atoms. The number of allylic oxidation sites excluding steroid dienone is 1. The zero-order valence-electron chi connectivity index (χ0n) is 20.1. The molecular weight excluding hydrogens is 496 g/mol. The lowest BCUT2D eigenvalue weighted by Crippen LogP contribution is -2.37. The Bertz CT molecular complexity index is 1540. The number of carbonyl (C=O) groups excluding carboxylic acids is 1. The van der Waals surface area contributed by atoms with Crippen LogP contribution in [0.3, 0.4) is 0 Å². The van der Waals surface area contributed by atoms with Crippen LogP contribution in [0.25, 0.3) is 16.8 Å². The Labute approximate surface area is 214 Å². The van der Waals surface area contributed by atoms with E-state index in [0.29, 0.717) is 0 Å². The summed E-state index contributed by atoms with van der Waals surface area (Å²) in [4.78, 5) is 15.9. The Hall–Kier alpha value is -3.37. The fourth-order valence-corrected chi connectivity index (χ4v) is 6.46. The molecule has 0 saturated heterocycles. The predicted octanol–water partition coefficient (Wildman–Crippen LogP) is 7.22. The van der Waals surface area contributed by atoms with Gasteiger partial charge in [0.1, 0.15) is 0 Å². The van der Waals surface area contributed by atoms with Crippen LogP contribution < -0.4 is 10.2 Å². The molecule has 3 nitrogen and oxygen atoms in total. The molecule has 0 aromatic heterocycles. The molecule has 0 saturated carbocycles. The first-order valence-electron chi connectivity index (χ1n) is 12.0. The molecular formula is C31H27BrN2O.